The number of methoxy groups -OCH3 is 1. The van der Waals surface area contributed by atoms with E-state index in [0.29, 0.717) is 0 Å². The van der Waals surface area contributed by atoms with E-state index in [2.05, 4.69) is 9.88 Å². The fraction of sp³-hybridized carbons (Fsp3) is 0.250. The molecule has 0 spiro atoms. The number of pyridine rings is 1. The molecule has 0 atom stereocenters. The average molecular weight is 361 g/mol. The van der Waals surface area contributed by atoms with Crippen molar-refractivity contribution < 1.29 is 9.53 Å². The van der Waals surface area contributed by atoms with Crippen LogP contribution in [0.15, 0.2) is 36.7 Å². The van der Waals surface area contributed by atoms with Crippen LogP contribution in [0.5, 0.6) is 0 Å². The molecule has 1 aliphatic rings. The smallest absolute Gasteiger partial charge is 0.357 e. The number of hydrogen-bond donors (Lipinski definition) is 1. The van der Waals surface area contributed by atoms with E-state index < -0.39 is 5.97 Å². The maximum atomic E-state index is 12.3. The number of fused-ring (bicyclic) bond motifs is 1. The Balaban J connectivity index is 1.97. The minimum absolute atomic E-state index is 0.116. The number of benzene rings is 1. The molecule has 7 nitrogen and oxygen atoms in total. The number of aromatic nitrogens is 2. The third-order valence-electron chi connectivity index (χ3n) is 4.98. The number of ether oxygens (including phenoxy) is 1. The first kappa shape index (κ1) is 16.9. The number of carbonyl (C=O) groups excluding carboxylic acids is 1. The molecule has 0 radical (unpaired) electrons. The normalized spacial score (nSPS) is 13.7. The summed E-state index contributed by atoms with van der Waals surface area (Å²) >= 11 is 0. The molecule has 1 saturated heterocycles. The Labute approximate surface area is 156 Å². The molecule has 1 aliphatic heterocycles. The molecule has 0 bridgehead atoms. The van der Waals surface area contributed by atoms with Gasteiger partial charge in [0.15, 0.2) is 5.69 Å². The van der Waals surface area contributed by atoms with Crippen molar-refractivity contribution in [1.29, 1.82) is 5.26 Å². The Kier molecular flexibility index (Phi) is 4.16. The molecule has 0 unspecified atom stereocenters. The largest absolute Gasteiger partial charge is 0.464 e. The van der Waals surface area contributed by atoms with Gasteiger partial charge in [-0.05, 0) is 37.1 Å². The van der Waals surface area contributed by atoms with E-state index in [0.717, 1.165) is 35.4 Å². The fourth-order valence-electron chi connectivity index (χ4n) is 3.67. The first-order valence-electron chi connectivity index (χ1n) is 8.78. The van der Waals surface area contributed by atoms with Crippen LogP contribution in [0.1, 0.15) is 28.9 Å². The van der Waals surface area contributed by atoms with Crippen LogP contribution in [0.25, 0.3) is 16.6 Å². The first-order valence-corrected chi connectivity index (χ1v) is 8.78. The molecule has 136 valence electrons. The molecular formula is C20H19N5O2. The Morgan fingerprint density at radius 2 is 2.00 bits per heavy atom. The van der Waals surface area contributed by atoms with Crippen LogP contribution in [0.2, 0.25) is 0 Å². The Morgan fingerprint density at radius 1 is 1.26 bits per heavy atom. The topological polar surface area (TPSA) is 97.2 Å². The lowest BCUT2D eigenvalue weighted by Gasteiger charge is -2.21. The fourth-order valence-corrected chi connectivity index (χ4v) is 3.67. The van der Waals surface area contributed by atoms with E-state index in [1.807, 2.05) is 30.3 Å². The highest BCUT2D eigenvalue weighted by Crippen LogP contribution is 2.34. The lowest BCUT2D eigenvalue weighted by molar-refractivity contribution is 0.0593. The van der Waals surface area contributed by atoms with Gasteiger partial charge in [0.05, 0.1) is 35.3 Å². The van der Waals surface area contributed by atoms with Gasteiger partial charge in [0.1, 0.15) is 6.07 Å². The predicted octanol–water partition coefficient (Wildman–Crippen LogP) is 2.87. The van der Waals surface area contributed by atoms with Gasteiger partial charge >= 0.3 is 5.97 Å². The highest BCUT2D eigenvalue weighted by molar-refractivity contribution is 6.00. The molecule has 2 aromatic heterocycles. The minimum Gasteiger partial charge on any atom is -0.464 e. The van der Waals surface area contributed by atoms with Gasteiger partial charge in [-0.1, -0.05) is 0 Å². The molecule has 0 aliphatic carbocycles. The SMILES string of the molecule is COC(=O)c1c(N)c(C#N)cn1-c1ccc(N2CCCC2)c2ncccc12. The summed E-state index contributed by atoms with van der Waals surface area (Å²) in [7, 11) is 1.29. The summed E-state index contributed by atoms with van der Waals surface area (Å²) in [5, 5.41) is 10.2. The van der Waals surface area contributed by atoms with Crippen molar-refractivity contribution >= 4 is 28.2 Å². The van der Waals surface area contributed by atoms with Crippen molar-refractivity contribution in [2.24, 2.45) is 0 Å². The molecule has 0 amide bonds. The van der Waals surface area contributed by atoms with E-state index in [1.54, 1.807) is 17.0 Å². The Hall–Kier alpha value is -3.53. The summed E-state index contributed by atoms with van der Waals surface area (Å²) in [4.78, 5) is 19.2. The summed E-state index contributed by atoms with van der Waals surface area (Å²) in [6.07, 6.45) is 5.67. The summed E-state index contributed by atoms with van der Waals surface area (Å²) in [6, 6.07) is 9.80. The third kappa shape index (κ3) is 2.66. The van der Waals surface area contributed by atoms with Gasteiger partial charge in [-0.2, -0.15) is 5.26 Å². The van der Waals surface area contributed by atoms with Gasteiger partial charge in [-0.3, -0.25) is 4.98 Å². The van der Waals surface area contributed by atoms with Gasteiger partial charge in [0.2, 0.25) is 0 Å². The van der Waals surface area contributed by atoms with E-state index in [4.69, 9.17) is 10.5 Å². The van der Waals surface area contributed by atoms with Crippen LogP contribution in [0.3, 0.4) is 0 Å². The zero-order valence-electron chi connectivity index (χ0n) is 15.0. The maximum absolute atomic E-state index is 12.3. The molecule has 0 saturated carbocycles. The highest BCUT2D eigenvalue weighted by atomic mass is 16.5. The first-order chi connectivity index (χ1) is 13.2. The second kappa shape index (κ2) is 6.65. The lowest BCUT2D eigenvalue weighted by atomic mass is 10.1. The maximum Gasteiger partial charge on any atom is 0.357 e. The van der Waals surface area contributed by atoms with Crippen molar-refractivity contribution in [1.82, 2.24) is 9.55 Å². The number of rotatable bonds is 3. The van der Waals surface area contributed by atoms with Crippen LogP contribution in [0.4, 0.5) is 11.4 Å². The molecule has 3 heterocycles. The highest BCUT2D eigenvalue weighted by Gasteiger charge is 2.24. The average Bonchev–Trinajstić information content (AvgIpc) is 3.34. The third-order valence-corrected chi connectivity index (χ3v) is 4.98. The number of carbonyl (C=O) groups is 1. The molecule has 4 rings (SSSR count). The molecule has 27 heavy (non-hydrogen) atoms. The van der Waals surface area contributed by atoms with E-state index in [1.165, 1.54) is 20.0 Å². The molecular weight excluding hydrogens is 342 g/mol. The zero-order valence-corrected chi connectivity index (χ0v) is 15.0. The van der Waals surface area contributed by atoms with E-state index >= 15 is 0 Å². The van der Waals surface area contributed by atoms with Gasteiger partial charge < -0.3 is 19.9 Å². The molecule has 1 aromatic carbocycles. The minimum atomic E-state index is -0.588. The van der Waals surface area contributed by atoms with Gasteiger partial charge in [0, 0.05) is 30.9 Å². The van der Waals surface area contributed by atoms with E-state index in [-0.39, 0.29) is 16.9 Å². The molecule has 7 heteroatoms. The molecule has 1 fully saturated rings. The van der Waals surface area contributed by atoms with Crippen molar-refractivity contribution in [2.75, 3.05) is 30.8 Å². The monoisotopic (exact) mass is 361 g/mol. The Morgan fingerprint density at radius 3 is 2.70 bits per heavy atom. The van der Waals surface area contributed by atoms with Gasteiger partial charge in [-0.15, -0.1) is 0 Å². The van der Waals surface area contributed by atoms with Crippen LogP contribution in [-0.2, 0) is 4.74 Å². The summed E-state index contributed by atoms with van der Waals surface area (Å²) in [6.45, 7) is 2.01. The number of anilines is 2. The van der Waals surface area contributed by atoms with Crippen LogP contribution in [-0.4, -0.2) is 35.7 Å². The summed E-state index contributed by atoms with van der Waals surface area (Å²) < 4.78 is 6.50. The summed E-state index contributed by atoms with van der Waals surface area (Å²) in [5.74, 6) is -0.588. The molecule has 3 aromatic rings. The quantitative estimate of drug-likeness (QED) is 0.721. The number of hydrogen-bond acceptors (Lipinski definition) is 6. The second-order valence-corrected chi connectivity index (χ2v) is 6.48. The van der Waals surface area contributed by atoms with Crippen LogP contribution >= 0.6 is 0 Å². The molecule has 2 N–H and O–H groups in total. The Bertz CT molecular complexity index is 1070. The van der Waals surface area contributed by atoms with Gasteiger partial charge in [-0.25, -0.2) is 4.79 Å². The van der Waals surface area contributed by atoms with Crippen molar-refractivity contribution in [3.05, 3.63) is 47.9 Å². The lowest BCUT2D eigenvalue weighted by Crippen LogP contribution is -2.18. The number of nitriles is 1. The number of nitrogens with zero attached hydrogens (tertiary/aromatic N) is 4. The second-order valence-electron chi connectivity index (χ2n) is 6.48. The summed E-state index contributed by atoms with van der Waals surface area (Å²) in [5.41, 5.74) is 9.20. The van der Waals surface area contributed by atoms with E-state index in [9.17, 15) is 10.1 Å². The van der Waals surface area contributed by atoms with Crippen molar-refractivity contribution in [2.45, 2.75) is 12.8 Å². The van der Waals surface area contributed by atoms with Crippen LogP contribution in [0, 0.1) is 11.3 Å². The number of nitrogens with two attached hydrogens (primary N) is 1. The van der Waals surface area contributed by atoms with Crippen molar-refractivity contribution in [3.63, 3.8) is 0 Å². The zero-order chi connectivity index (χ0) is 19.0. The predicted molar refractivity (Wildman–Crippen MR) is 103 cm³/mol. The standard InChI is InChI=1S/C20H19N5O2/c1-27-20(26)19-17(22)13(11-21)12-25(19)15-6-7-16(24-9-2-3-10-24)18-14(15)5-4-8-23-18/h4-8,12H,2-3,9-10,22H2,1H3. The number of nitrogen functional groups attached to an aromatic ring is 1. The van der Waals surface area contributed by atoms with Crippen LogP contribution < -0.4 is 10.6 Å². The number of esters is 1. The van der Waals surface area contributed by atoms with Crippen molar-refractivity contribution in [3.8, 4) is 11.8 Å². The van der Waals surface area contributed by atoms with Gasteiger partial charge in [0.25, 0.3) is 0 Å².